The molecule has 0 bridgehead atoms. The number of nitrogens with zero attached hydrogens (tertiary/aromatic N) is 8. The van der Waals surface area contributed by atoms with Crippen molar-refractivity contribution < 1.29 is 4.79 Å². The lowest BCUT2D eigenvalue weighted by molar-refractivity contribution is 0.0740. The van der Waals surface area contributed by atoms with Crippen LogP contribution in [0.3, 0.4) is 0 Å². The fourth-order valence-electron chi connectivity index (χ4n) is 3.29. The molecule has 1 aliphatic heterocycles. The van der Waals surface area contributed by atoms with Gasteiger partial charge in [0.1, 0.15) is 17.8 Å². The van der Waals surface area contributed by atoms with Crippen molar-refractivity contribution >= 4 is 11.7 Å². The zero-order valence-corrected chi connectivity index (χ0v) is 16.2. The Kier molecular flexibility index (Phi) is 4.72. The zero-order chi connectivity index (χ0) is 19.7. The lowest BCUT2D eigenvalue weighted by atomic mass is 10.2. The van der Waals surface area contributed by atoms with E-state index in [9.17, 15) is 4.79 Å². The summed E-state index contributed by atoms with van der Waals surface area (Å²) in [5.74, 6) is 1.49. The summed E-state index contributed by atoms with van der Waals surface area (Å²) < 4.78 is 1.82. The van der Waals surface area contributed by atoms with Gasteiger partial charge < -0.3 is 9.80 Å². The Balaban J connectivity index is 1.45. The van der Waals surface area contributed by atoms with E-state index in [1.165, 1.54) is 6.20 Å². The molecule has 0 saturated carbocycles. The van der Waals surface area contributed by atoms with Crippen LogP contribution in [-0.2, 0) is 0 Å². The minimum atomic E-state index is -0.0850. The van der Waals surface area contributed by atoms with Crippen LogP contribution in [0.25, 0.3) is 5.82 Å². The van der Waals surface area contributed by atoms with Crippen LogP contribution in [0.2, 0.25) is 0 Å². The highest BCUT2D eigenvalue weighted by Gasteiger charge is 2.24. The van der Waals surface area contributed by atoms with Crippen molar-refractivity contribution in [1.82, 2.24) is 34.6 Å². The van der Waals surface area contributed by atoms with Crippen molar-refractivity contribution in [3.63, 3.8) is 0 Å². The maximum Gasteiger partial charge on any atom is 0.274 e. The van der Waals surface area contributed by atoms with E-state index in [1.54, 1.807) is 17.4 Å². The molecule has 1 amide bonds. The number of rotatable bonds is 3. The molecule has 0 atom stereocenters. The molecule has 28 heavy (non-hydrogen) atoms. The summed E-state index contributed by atoms with van der Waals surface area (Å²) in [4.78, 5) is 33.7. The summed E-state index contributed by atoms with van der Waals surface area (Å²) in [7, 11) is 0. The number of anilines is 1. The highest BCUT2D eigenvalue weighted by molar-refractivity contribution is 5.92. The van der Waals surface area contributed by atoms with Crippen LogP contribution in [0.5, 0.6) is 0 Å². The molecule has 1 saturated heterocycles. The Hall–Kier alpha value is -3.36. The van der Waals surface area contributed by atoms with Crippen molar-refractivity contribution in [2.75, 3.05) is 31.1 Å². The summed E-state index contributed by atoms with van der Waals surface area (Å²) in [6, 6.07) is 3.95. The van der Waals surface area contributed by atoms with Crippen LogP contribution < -0.4 is 4.90 Å². The molecule has 0 spiro atoms. The largest absolute Gasteiger partial charge is 0.353 e. The predicted molar refractivity (Wildman–Crippen MR) is 104 cm³/mol. The first-order chi connectivity index (χ1) is 13.5. The summed E-state index contributed by atoms with van der Waals surface area (Å²) in [5.41, 5.74) is 3.15. The second-order valence-corrected chi connectivity index (χ2v) is 6.90. The average molecular weight is 378 g/mol. The normalized spacial score (nSPS) is 14.4. The molecule has 3 aromatic heterocycles. The molecule has 4 rings (SSSR count). The van der Waals surface area contributed by atoms with Crippen molar-refractivity contribution in [1.29, 1.82) is 0 Å². The van der Waals surface area contributed by atoms with Gasteiger partial charge in [-0.2, -0.15) is 5.10 Å². The molecule has 4 heterocycles. The summed E-state index contributed by atoms with van der Waals surface area (Å²) in [6.07, 6.45) is 4.71. The third kappa shape index (κ3) is 3.55. The molecule has 9 nitrogen and oxygen atoms in total. The lowest BCUT2D eigenvalue weighted by Crippen LogP contribution is -2.49. The number of carbonyl (C=O) groups excluding carboxylic acids is 1. The Bertz CT molecular complexity index is 989. The molecular formula is C19H22N8O. The molecule has 0 radical (unpaired) electrons. The van der Waals surface area contributed by atoms with Crippen LogP contribution in [0.15, 0.2) is 30.9 Å². The van der Waals surface area contributed by atoms with Gasteiger partial charge in [0.05, 0.1) is 17.6 Å². The number of carbonyl (C=O) groups is 1. The topological polar surface area (TPSA) is 92.9 Å². The van der Waals surface area contributed by atoms with Crippen molar-refractivity contribution in [2.24, 2.45) is 0 Å². The first kappa shape index (κ1) is 18.0. The maximum atomic E-state index is 12.6. The Labute approximate surface area is 163 Å². The van der Waals surface area contributed by atoms with E-state index < -0.39 is 0 Å². The van der Waals surface area contributed by atoms with Gasteiger partial charge in [-0.3, -0.25) is 9.78 Å². The van der Waals surface area contributed by atoms with Crippen molar-refractivity contribution in [3.8, 4) is 5.82 Å². The minimum absolute atomic E-state index is 0.0850. The Morgan fingerprint density at radius 3 is 2.25 bits per heavy atom. The first-order valence-electron chi connectivity index (χ1n) is 9.20. The number of piperazine rings is 1. The second kappa shape index (κ2) is 7.34. The van der Waals surface area contributed by atoms with Gasteiger partial charge in [0, 0.05) is 44.1 Å². The van der Waals surface area contributed by atoms with Gasteiger partial charge in [-0.25, -0.2) is 19.6 Å². The first-order valence-corrected chi connectivity index (χ1v) is 9.20. The van der Waals surface area contributed by atoms with Crippen LogP contribution in [-0.4, -0.2) is 66.7 Å². The van der Waals surface area contributed by atoms with Crippen LogP contribution in [0.1, 0.15) is 27.6 Å². The number of hydrogen-bond acceptors (Lipinski definition) is 7. The summed E-state index contributed by atoms with van der Waals surface area (Å²) in [6.45, 7) is 8.40. The number of amides is 1. The highest BCUT2D eigenvalue weighted by atomic mass is 16.2. The van der Waals surface area contributed by atoms with Gasteiger partial charge in [0.25, 0.3) is 5.91 Å². The monoisotopic (exact) mass is 378 g/mol. The van der Waals surface area contributed by atoms with Crippen molar-refractivity contribution in [2.45, 2.75) is 20.8 Å². The summed E-state index contributed by atoms with van der Waals surface area (Å²) in [5, 5.41) is 4.48. The van der Waals surface area contributed by atoms with Gasteiger partial charge in [-0.05, 0) is 26.8 Å². The second-order valence-electron chi connectivity index (χ2n) is 6.90. The lowest BCUT2D eigenvalue weighted by Gasteiger charge is -2.35. The SMILES string of the molecule is Cc1cnc(C(=O)N2CCN(c3cc(-n4nc(C)cc4C)ncn3)CC2)cn1. The van der Waals surface area contributed by atoms with E-state index in [0.29, 0.717) is 31.9 Å². The van der Waals surface area contributed by atoms with Crippen LogP contribution in [0.4, 0.5) is 5.82 Å². The van der Waals surface area contributed by atoms with Crippen LogP contribution in [0, 0.1) is 20.8 Å². The molecule has 1 aliphatic rings. The van der Waals surface area contributed by atoms with E-state index >= 15 is 0 Å². The van der Waals surface area contributed by atoms with E-state index in [0.717, 1.165) is 28.7 Å². The molecular weight excluding hydrogens is 356 g/mol. The molecule has 0 aromatic carbocycles. The number of aryl methyl sites for hydroxylation is 3. The smallest absolute Gasteiger partial charge is 0.274 e. The predicted octanol–water partition coefficient (Wildman–Crippen LogP) is 1.34. The fraction of sp³-hybridized carbons (Fsp3) is 0.368. The third-order valence-electron chi connectivity index (χ3n) is 4.76. The fourth-order valence-corrected chi connectivity index (χ4v) is 3.29. The summed E-state index contributed by atoms with van der Waals surface area (Å²) >= 11 is 0. The van der Waals surface area contributed by atoms with Crippen LogP contribution >= 0.6 is 0 Å². The molecule has 9 heteroatoms. The average Bonchev–Trinajstić information content (AvgIpc) is 3.06. The molecule has 3 aromatic rings. The van der Waals surface area contributed by atoms with Gasteiger partial charge in [0.15, 0.2) is 5.82 Å². The Morgan fingerprint density at radius 1 is 0.857 bits per heavy atom. The number of hydrogen-bond donors (Lipinski definition) is 0. The van der Waals surface area contributed by atoms with Gasteiger partial charge in [0.2, 0.25) is 0 Å². The van der Waals surface area contributed by atoms with Gasteiger partial charge in [-0.1, -0.05) is 0 Å². The molecule has 0 unspecified atom stereocenters. The molecule has 1 fully saturated rings. The van der Waals surface area contributed by atoms with E-state index in [2.05, 4.69) is 29.9 Å². The standard InChI is InChI=1S/C19H22N8O/c1-13-8-15(3)27(24-13)18-9-17(22-12-23-18)25-4-6-26(7-5-25)19(28)16-11-20-14(2)10-21-16/h8-12H,4-7H2,1-3H3. The third-order valence-corrected chi connectivity index (χ3v) is 4.76. The zero-order valence-electron chi connectivity index (χ0n) is 16.2. The van der Waals surface area contributed by atoms with E-state index in [4.69, 9.17) is 0 Å². The van der Waals surface area contributed by atoms with Gasteiger partial charge >= 0.3 is 0 Å². The number of aromatic nitrogens is 6. The molecule has 144 valence electrons. The van der Waals surface area contributed by atoms with E-state index in [1.807, 2.05) is 37.6 Å². The minimum Gasteiger partial charge on any atom is -0.353 e. The van der Waals surface area contributed by atoms with Gasteiger partial charge in [-0.15, -0.1) is 0 Å². The quantitative estimate of drug-likeness (QED) is 0.679. The van der Waals surface area contributed by atoms with E-state index in [-0.39, 0.29) is 5.91 Å². The highest BCUT2D eigenvalue weighted by Crippen LogP contribution is 2.18. The molecule has 0 N–H and O–H groups in total. The van der Waals surface area contributed by atoms with Crippen molar-refractivity contribution in [3.05, 3.63) is 53.6 Å². The molecule has 0 aliphatic carbocycles. The maximum absolute atomic E-state index is 12.6. The Morgan fingerprint density at radius 2 is 1.61 bits per heavy atom.